The molecule has 0 aromatic carbocycles. The largest absolute Gasteiger partial charge is 0.355 e. The molecule has 3 N–H and O–H groups in total. The normalized spacial score (nSPS) is 9.47. The van der Waals surface area contributed by atoms with E-state index in [-0.39, 0.29) is 19.0 Å². The van der Waals surface area contributed by atoms with Crippen molar-refractivity contribution in [3.63, 3.8) is 0 Å². The number of carbonyl (C=O) groups is 3. The van der Waals surface area contributed by atoms with E-state index in [0.717, 1.165) is 4.68 Å². The van der Waals surface area contributed by atoms with Gasteiger partial charge in [-0.05, 0) is 0 Å². The van der Waals surface area contributed by atoms with E-state index in [1.807, 2.05) is 0 Å². The highest BCUT2D eigenvalue weighted by atomic mass is 16.2. The van der Waals surface area contributed by atoms with Crippen LogP contribution in [0.5, 0.6) is 0 Å². The molecule has 3 amide bonds. The number of nitrogens with one attached hydrogen (secondary N) is 3. The van der Waals surface area contributed by atoms with E-state index in [1.165, 1.54) is 19.6 Å². The summed E-state index contributed by atoms with van der Waals surface area (Å²) in [5.41, 5.74) is 2.22. The van der Waals surface area contributed by atoms with Crippen molar-refractivity contribution in [2.75, 3.05) is 18.5 Å². The Labute approximate surface area is 96.6 Å². The topological polar surface area (TPSA) is 118 Å². The van der Waals surface area contributed by atoms with Gasteiger partial charge in [-0.15, -0.1) is 10.2 Å². The highest BCUT2D eigenvalue weighted by Crippen LogP contribution is 1.77. The molecule has 17 heavy (non-hydrogen) atoms. The minimum absolute atomic E-state index is 0.175. The number of aromatic nitrogens is 3. The lowest BCUT2D eigenvalue weighted by molar-refractivity contribution is -0.136. The van der Waals surface area contributed by atoms with Gasteiger partial charge >= 0.3 is 11.8 Å². The SMILES string of the molecule is CC(=O)NCCNC(=O)C(=O)Nn1cnnc1. The third-order valence-corrected chi connectivity index (χ3v) is 1.64. The molecule has 1 aromatic heterocycles. The Balaban J connectivity index is 2.23. The standard InChI is InChI=1S/C8H12N6O3/c1-6(15)9-2-3-10-7(16)8(17)13-14-4-11-12-5-14/h4-5H,2-3H2,1H3,(H,9,15)(H,10,16)(H,13,17). The Hall–Kier alpha value is -2.45. The number of nitrogens with zero attached hydrogens (tertiary/aromatic N) is 3. The lowest BCUT2D eigenvalue weighted by atomic mass is 10.5. The first-order chi connectivity index (χ1) is 8.09. The summed E-state index contributed by atoms with van der Waals surface area (Å²) >= 11 is 0. The molecule has 92 valence electrons. The van der Waals surface area contributed by atoms with Crippen LogP contribution in [-0.4, -0.2) is 45.7 Å². The van der Waals surface area contributed by atoms with Crippen molar-refractivity contribution in [1.29, 1.82) is 0 Å². The van der Waals surface area contributed by atoms with Gasteiger partial charge in [0.1, 0.15) is 12.7 Å². The van der Waals surface area contributed by atoms with Crippen molar-refractivity contribution in [2.45, 2.75) is 6.92 Å². The van der Waals surface area contributed by atoms with E-state index in [4.69, 9.17) is 0 Å². The summed E-state index contributed by atoms with van der Waals surface area (Å²) in [5, 5.41) is 11.7. The van der Waals surface area contributed by atoms with Crippen molar-refractivity contribution < 1.29 is 14.4 Å². The van der Waals surface area contributed by atoms with Gasteiger partial charge in [0, 0.05) is 20.0 Å². The molecule has 1 aromatic rings. The Bertz CT molecular complexity index is 401. The summed E-state index contributed by atoms with van der Waals surface area (Å²) in [6.45, 7) is 1.80. The van der Waals surface area contributed by atoms with Crippen LogP contribution in [0.3, 0.4) is 0 Å². The average Bonchev–Trinajstić information content (AvgIpc) is 2.76. The molecule has 0 saturated heterocycles. The second-order valence-electron chi connectivity index (χ2n) is 3.05. The third kappa shape index (κ3) is 4.73. The smallest absolute Gasteiger partial charge is 0.328 e. The Morgan fingerprint density at radius 2 is 1.65 bits per heavy atom. The summed E-state index contributed by atoms with van der Waals surface area (Å²) in [4.78, 5) is 33.0. The van der Waals surface area contributed by atoms with Crippen LogP contribution in [-0.2, 0) is 14.4 Å². The molecular formula is C8H12N6O3. The van der Waals surface area contributed by atoms with Gasteiger partial charge in [0.05, 0.1) is 0 Å². The molecule has 0 spiro atoms. The highest BCUT2D eigenvalue weighted by molar-refractivity contribution is 6.38. The zero-order valence-corrected chi connectivity index (χ0v) is 9.14. The fraction of sp³-hybridized carbons (Fsp3) is 0.375. The first-order valence-corrected chi connectivity index (χ1v) is 4.78. The molecule has 9 heteroatoms. The molecule has 1 heterocycles. The Morgan fingerprint density at radius 1 is 1.06 bits per heavy atom. The molecular weight excluding hydrogens is 228 g/mol. The van der Waals surface area contributed by atoms with E-state index in [1.54, 1.807) is 0 Å². The van der Waals surface area contributed by atoms with Crippen LogP contribution >= 0.6 is 0 Å². The molecule has 0 saturated carbocycles. The van der Waals surface area contributed by atoms with Crippen molar-refractivity contribution in [2.24, 2.45) is 0 Å². The summed E-state index contributed by atoms with van der Waals surface area (Å²) in [5.74, 6) is -1.84. The monoisotopic (exact) mass is 240 g/mol. The number of amides is 3. The minimum atomic E-state index is -0.840. The van der Waals surface area contributed by atoms with E-state index in [2.05, 4.69) is 26.3 Å². The van der Waals surface area contributed by atoms with Gasteiger partial charge < -0.3 is 10.6 Å². The zero-order valence-electron chi connectivity index (χ0n) is 9.14. The van der Waals surface area contributed by atoms with E-state index >= 15 is 0 Å². The summed E-state index contributed by atoms with van der Waals surface area (Å²) in [7, 11) is 0. The molecule has 0 fully saturated rings. The molecule has 0 aliphatic carbocycles. The maximum atomic E-state index is 11.3. The van der Waals surface area contributed by atoms with Crippen LogP contribution in [0.2, 0.25) is 0 Å². The van der Waals surface area contributed by atoms with Crippen molar-refractivity contribution >= 4 is 17.7 Å². The predicted molar refractivity (Wildman–Crippen MR) is 56.1 cm³/mol. The molecule has 0 radical (unpaired) electrons. The first kappa shape index (κ1) is 12.6. The van der Waals surface area contributed by atoms with Gasteiger partial charge in [0.25, 0.3) is 0 Å². The number of hydrogen-bond donors (Lipinski definition) is 3. The molecule has 0 unspecified atom stereocenters. The van der Waals surface area contributed by atoms with Crippen LogP contribution in [0.25, 0.3) is 0 Å². The maximum absolute atomic E-state index is 11.3. The molecule has 0 aliphatic rings. The number of carbonyl (C=O) groups excluding carboxylic acids is 3. The molecule has 1 rings (SSSR count). The molecule has 0 atom stereocenters. The van der Waals surface area contributed by atoms with Crippen molar-refractivity contribution in [3.05, 3.63) is 12.7 Å². The summed E-state index contributed by atoms with van der Waals surface area (Å²) in [6.07, 6.45) is 2.48. The lowest BCUT2D eigenvalue weighted by Crippen LogP contribution is -2.41. The Kier molecular flexibility index (Phi) is 4.60. The van der Waals surface area contributed by atoms with Crippen LogP contribution in [0, 0.1) is 0 Å². The molecule has 0 aliphatic heterocycles. The summed E-state index contributed by atoms with van der Waals surface area (Å²) in [6, 6.07) is 0. The number of rotatable bonds is 4. The fourth-order valence-electron chi connectivity index (χ4n) is 0.921. The molecule has 0 bridgehead atoms. The average molecular weight is 240 g/mol. The predicted octanol–water partition coefficient (Wildman–Crippen LogP) is -2.40. The van der Waals surface area contributed by atoms with Crippen molar-refractivity contribution in [1.82, 2.24) is 25.5 Å². The van der Waals surface area contributed by atoms with Crippen LogP contribution in [0.15, 0.2) is 12.7 Å². The van der Waals surface area contributed by atoms with Crippen LogP contribution in [0.1, 0.15) is 6.92 Å². The second kappa shape index (κ2) is 6.20. The van der Waals surface area contributed by atoms with E-state index in [9.17, 15) is 14.4 Å². The van der Waals surface area contributed by atoms with E-state index in [0.29, 0.717) is 0 Å². The highest BCUT2D eigenvalue weighted by Gasteiger charge is 2.12. The fourth-order valence-corrected chi connectivity index (χ4v) is 0.921. The van der Waals surface area contributed by atoms with Gasteiger partial charge in [0.2, 0.25) is 5.91 Å². The first-order valence-electron chi connectivity index (χ1n) is 4.78. The van der Waals surface area contributed by atoms with Gasteiger partial charge in [-0.2, -0.15) is 0 Å². The van der Waals surface area contributed by atoms with Crippen LogP contribution in [0.4, 0.5) is 0 Å². The quantitative estimate of drug-likeness (QED) is 0.400. The van der Waals surface area contributed by atoms with E-state index < -0.39 is 11.8 Å². The third-order valence-electron chi connectivity index (χ3n) is 1.64. The number of hydrogen-bond acceptors (Lipinski definition) is 5. The second-order valence-corrected chi connectivity index (χ2v) is 3.05. The summed E-state index contributed by atoms with van der Waals surface area (Å²) < 4.78 is 1.15. The minimum Gasteiger partial charge on any atom is -0.355 e. The molecule has 9 nitrogen and oxygen atoms in total. The maximum Gasteiger partial charge on any atom is 0.328 e. The lowest BCUT2D eigenvalue weighted by Gasteiger charge is -2.06. The van der Waals surface area contributed by atoms with Crippen molar-refractivity contribution in [3.8, 4) is 0 Å². The zero-order chi connectivity index (χ0) is 12.7. The van der Waals surface area contributed by atoms with Crippen LogP contribution < -0.4 is 16.1 Å². The van der Waals surface area contributed by atoms with Gasteiger partial charge in [-0.1, -0.05) is 0 Å². The van der Waals surface area contributed by atoms with Gasteiger partial charge in [0.15, 0.2) is 0 Å². The van der Waals surface area contributed by atoms with Gasteiger partial charge in [-0.3, -0.25) is 19.8 Å². The van der Waals surface area contributed by atoms with Gasteiger partial charge in [-0.25, -0.2) is 4.68 Å². The Morgan fingerprint density at radius 3 is 2.24 bits per heavy atom.